The Labute approximate surface area is 172 Å². The van der Waals surface area contributed by atoms with Crippen LogP contribution in [0.1, 0.15) is 12.6 Å². The summed E-state index contributed by atoms with van der Waals surface area (Å²) in [5.74, 6) is -0.340. The monoisotopic (exact) mass is 413 g/mol. The summed E-state index contributed by atoms with van der Waals surface area (Å²) in [7, 11) is 1.62. The Morgan fingerprint density at radius 1 is 1.00 bits per heavy atom. The SMILES string of the molecule is CN1C(=O)N(c2cc(Cl)cc(Cl)c2)C(=O)C1(C)Cc1ccc2ccccc2n1. The molecule has 0 aliphatic carbocycles. The zero-order valence-corrected chi connectivity index (χ0v) is 16.8. The number of amides is 3. The highest BCUT2D eigenvalue weighted by molar-refractivity contribution is 6.35. The van der Waals surface area contributed by atoms with Crippen LogP contribution in [0.25, 0.3) is 10.9 Å². The van der Waals surface area contributed by atoms with Gasteiger partial charge in [0.2, 0.25) is 0 Å². The van der Waals surface area contributed by atoms with E-state index < -0.39 is 11.6 Å². The number of rotatable bonds is 3. The number of para-hydroxylation sites is 1. The van der Waals surface area contributed by atoms with E-state index in [-0.39, 0.29) is 5.91 Å². The maximum Gasteiger partial charge on any atom is 0.332 e. The molecule has 2 heterocycles. The molecule has 2 aromatic carbocycles. The summed E-state index contributed by atoms with van der Waals surface area (Å²) in [6.45, 7) is 1.75. The molecule has 3 aromatic rings. The van der Waals surface area contributed by atoms with Crippen molar-refractivity contribution in [3.05, 3.63) is 70.3 Å². The molecule has 1 aliphatic rings. The second kappa shape index (κ2) is 6.76. The minimum atomic E-state index is -1.07. The first-order valence-corrected chi connectivity index (χ1v) is 9.48. The number of carbonyl (C=O) groups excluding carboxylic acids is 2. The van der Waals surface area contributed by atoms with Crippen molar-refractivity contribution < 1.29 is 9.59 Å². The molecule has 4 rings (SSSR count). The number of nitrogens with zero attached hydrogens (tertiary/aromatic N) is 3. The third-order valence-corrected chi connectivity index (χ3v) is 5.61. The van der Waals surface area contributed by atoms with Gasteiger partial charge in [-0.2, -0.15) is 0 Å². The lowest BCUT2D eigenvalue weighted by atomic mass is 9.93. The number of pyridine rings is 1. The molecule has 1 fully saturated rings. The van der Waals surface area contributed by atoms with Crippen LogP contribution in [0.2, 0.25) is 10.0 Å². The lowest BCUT2D eigenvalue weighted by molar-refractivity contribution is -0.123. The molecule has 1 unspecified atom stereocenters. The van der Waals surface area contributed by atoms with Crippen molar-refractivity contribution >= 4 is 51.7 Å². The fraction of sp³-hybridized carbons (Fsp3) is 0.190. The molecule has 3 amide bonds. The molecule has 5 nitrogen and oxygen atoms in total. The summed E-state index contributed by atoms with van der Waals surface area (Å²) >= 11 is 12.1. The molecular weight excluding hydrogens is 397 g/mol. The van der Waals surface area contributed by atoms with E-state index in [2.05, 4.69) is 4.98 Å². The van der Waals surface area contributed by atoms with Gasteiger partial charge in [0.1, 0.15) is 5.54 Å². The first kappa shape index (κ1) is 18.7. The van der Waals surface area contributed by atoms with Crippen molar-refractivity contribution in [2.45, 2.75) is 18.9 Å². The minimum absolute atomic E-state index is 0.295. The number of fused-ring (bicyclic) bond motifs is 1. The number of hydrogen-bond acceptors (Lipinski definition) is 3. The van der Waals surface area contributed by atoms with Gasteiger partial charge < -0.3 is 4.90 Å². The Morgan fingerprint density at radius 3 is 2.39 bits per heavy atom. The van der Waals surface area contributed by atoms with Gasteiger partial charge in [-0.05, 0) is 37.3 Å². The van der Waals surface area contributed by atoms with Crippen molar-refractivity contribution in [2.75, 3.05) is 11.9 Å². The number of hydrogen-bond donors (Lipinski definition) is 0. The fourth-order valence-corrected chi connectivity index (χ4v) is 4.00. The predicted molar refractivity (Wildman–Crippen MR) is 111 cm³/mol. The summed E-state index contributed by atoms with van der Waals surface area (Å²) in [5.41, 5.74) is 0.873. The predicted octanol–water partition coefficient (Wildman–Crippen LogP) is 4.94. The van der Waals surface area contributed by atoms with Crippen LogP contribution < -0.4 is 4.90 Å². The van der Waals surface area contributed by atoms with Crippen LogP contribution in [0, 0.1) is 0 Å². The van der Waals surface area contributed by atoms with E-state index >= 15 is 0 Å². The molecule has 1 atom stereocenters. The topological polar surface area (TPSA) is 53.5 Å². The van der Waals surface area contributed by atoms with Crippen LogP contribution in [-0.4, -0.2) is 34.4 Å². The summed E-state index contributed by atoms with van der Waals surface area (Å²) in [6.07, 6.45) is 0.295. The average molecular weight is 414 g/mol. The van der Waals surface area contributed by atoms with Crippen molar-refractivity contribution in [1.29, 1.82) is 0 Å². The molecule has 0 bridgehead atoms. The lowest BCUT2D eigenvalue weighted by Crippen LogP contribution is -2.47. The Balaban J connectivity index is 1.71. The van der Waals surface area contributed by atoms with E-state index in [0.717, 1.165) is 21.5 Å². The lowest BCUT2D eigenvalue weighted by Gasteiger charge is -2.28. The van der Waals surface area contributed by atoms with Gasteiger partial charge >= 0.3 is 6.03 Å². The van der Waals surface area contributed by atoms with Crippen LogP contribution >= 0.6 is 23.2 Å². The van der Waals surface area contributed by atoms with Crippen LogP contribution in [0.15, 0.2) is 54.6 Å². The van der Waals surface area contributed by atoms with Gasteiger partial charge in [-0.3, -0.25) is 9.78 Å². The molecular formula is C21H17Cl2N3O2. The molecule has 0 spiro atoms. The van der Waals surface area contributed by atoms with Gasteiger partial charge in [-0.25, -0.2) is 9.69 Å². The summed E-state index contributed by atoms with van der Waals surface area (Å²) < 4.78 is 0. The van der Waals surface area contributed by atoms with E-state index in [9.17, 15) is 9.59 Å². The number of aromatic nitrogens is 1. The van der Waals surface area contributed by atoms with E-state index in [1.165, 1.54) is 4.90 Å². The van der Waals surface area contributed by atoms with Crippen LogP contribution in [0.4, 0.5) is 10.5 Å². The number of urea groups is 1. The molecule has 142 valence electrons. The molecule has 1 saturated heterocycles. The number of likely N-dealkylation sites (N-methyl/N-ethyl adjacent to an activating group) is 1. The van der Waals surface area contributed by atoms with Crippen molar-refractivity contribution in [3.63, 3.8) is 0 Å². The number of anilines is 1. The minimum Gasteiger partial charge on any atom is -0.312 e. The van der Waals surface area contributed by atoms with E-state index in [4.69, 9.17) is 23.2 Å². The fourth-order valence-electron chi connectivity index (χ4n) is 3.48. The number of halogens is 2. The zero-order valence-electron chi connectivity index (χ0n) is 15.3. The molecule has 7 heteroatoms. The smallest absolute Gasteiger partial charge is 0.312 e. The molecule has 0 saturated carbocycles. The third kappa shape index (κ3) is 3.01. The largest absolute Gasteiger partial charge is 0.332 e. The Kier molecular flexibility index (Phi) is 4.52. The third-order valence-electron chi connectivity index (χ3n) is 5.17. The molecule has 1 aliphatic heterocycles. The highest BCUT2D eigenvalue weighted by atomic mass is 35.5. The Morgan fingerprint density at radius 2 is 1.68 bits per heavy atom. The Hall–Kier alpha value is -2.63. The van der Waals surface area contributed by atoms with Gasteiger partial charge in [-0.1, -0.05) is 47.5 Å². The van der Waals surface area contributed by atoms with Crippen LogP contribution in [0.3, 0.4) is 0 Å². The quantitative estimate of drug-likeness (QED) is 0.571. The van der Waals surface area contributed by atoms with E-state index in [1.807, 2.05) is 36.4 Å². The van der Waals surface area contributed by atoms with Gasteiger partial charge in [0.15, 0.2) is 0 Å². The standard InChI is InChI=1S/C21H17Cl2N3O2/c1-21(12-16-8-7-13-5-3-4-6-18(13)24-16)19(27)26(20(28)25(21)2)17-10-14(22)9-15(23)11-17/h3-11H,12H2,1-2H3. The second-order valence-electron chi connectivity index (χ2n) is 7.06. The average Bonchev–Trinajstić information content (AvgIpc) is 2.81. The second-order valence-corrected chi connectivity index (χ2v) is 7.93. The van der Waals surface area contributed by atoms with Gasteiger partial charge in [-0.15, -0.1) is 0 Å². The first-order valence-electron chi connectivity index (χ1n) is 8.73. The number of carbonyl (C=O) groups is 2. The molecule has 0 N–H and O–H groups in total. The number of imide groups is 1. The molecule has 1 aromatic heterocycles. The normalized spacial score (nSPS) is 19.7. The van der Waals surface area contributed by atoms with E-state index in [0.29, 0.717) is 22.2 Å². The first-order chi connectivity index (χ1) is 13.3. The van der Waals surface area contributed by atoms with Gasteiger partial charge in [0, 0.05) is 34.6 Å². The maximum atomic E-state index is 13.3. The van der Waals surface area contributed by atoms with Crippen LogP contribution in [0.5, 0.6) is 0 Å². The molecule has 0 radical (unpaired) electrons. The van der Waals surface area contributed by atoms with Crippen molar-refractivity contribution in [3.8, 4) is 0 Å². The summed E-state index contributed by atoms with van der Waals surface area (Å²) in [6, 6.07) is 15.9. The Bertz CT molecular complexity index is 1100. The van der Waals surface area contributed by atoms with Crippen molar-refractivity contribution in [1.82, 2.24) is 9.88 Å². The van der Waals surface area contributed by atoms with Gasteiger partial charge in [0.05, 0.1) is 11.2 Å². The highest BCUT2D eigenvalue weighted by Gasteiger charge is 2.53. The zero-order chi connectivity index (χ0) is 20.1. The summed E-state index contributed by atoms with van der Waals surface area (Å²) in [5, 5.41) is 1.74. The van der Waals surface area contributed by atoms with E-state index in [1.54, 1.807) is 32.2 Å². The van der Waals surface area contributed by atoms with Gasteiger partial charge in [0.25, 0.3) is 5.91 Å². The van der Waals surface area contributed by atoms with Crippen LogP contribution in [-0.2, 0) is 11.2 Å². The summed E-state index contributed by atoms with van der Waals surface area (Å²) in [4.78, 5) is 33.4. The highest BCUT2D eigenvalue weighted by Crippen LogP contribution is 2.35. The number of benzene rings is 2. The maximum absolute atomic E-state index is 13.3. The molecule has 28 heavy (non-hydrogen) atoms. The van der Waals surface area contributed by atoms with Crippen molar-refractivity contribution in [2.24, 2.45) is 0 Å².